The third kappa shape index (κ3) is 4.05. The number of amides is 1. The van der Waals surface area contributed by atoms with Gasteiger partial charge in [0.25, 0.3) is 0 Å². The van der Waals surface area contributed by atoms with Gasteiger partial charge in [0.05, 0.1) is 6.10 Å². The predicted molar refractivity (Wildman–Crippen MR) is 80.5 cm³/mol. The molecular weight excluding hydrogens is 252 g/mol. The van der Waals surface area contributed by atoms with Gasteiger partial charge in [-0.1, -0.05) is 18.6 Å². The molecule has 3 atom stereocenters. The maximum Gasteiger partial charge on any atom is 0.221 e. The number of carbonyl (C=O) groups excluding carboxylic acids is 1. The minimum Gasteiger partial charge on any atom is -0.393 e. The van der Waals surface area contributed by atoms with Crippen LogP contribution in [0.15, 0.2) is 24.3 Å². The molecule has 20 heavy (non-hydrogen) atoms. The number of aliphatic hydroxyl groups excluding tert-OH is 1. The highest BCUT2D eigenvalue weighted by molar-refractivity contribution is 5.88. The Morgan fingerprint density at radius 3 is 2.90 bits per heavy atom. The molecule has 0 radical (unpaired) electrons. The second-order valence-corrected chi connectivity index (χ2v) is 5.69. The summed E-state index contributed by atoms with van der Waals surface area (Å²) >= 11 is 0. The first-order valence-corrected chi connectivity index (χ1v) is 7.35. The van der Waals surface area contributed by atoms with Gasteiger partial charge in [-0.15, -0.1) is 0 Å². The lowest BCUT2D eigenvalue weighted by atomic mass is 10.0. The molecule has 0 saturated heterocycles. The molecule has 110 valence electrons. The zero-order chi connectivity index (χ0) is 14.5. The first kappa shape index (κ1) is 15.0. The van der Waals surface area contributed by atoms with Crippen molar-refractivity contribution in [3.8, 4) is 0 Å². The molecule has 4 heteroatoms. The Balaban J connectivity index is 1.91. The highest BCUT2D eigenvalue weighted by atomic mass is 16.3. The SMILES string of the molecule is CC(=O)Nc1cccc(C(C)NCC2CCCC2O)c1. The van der Waals surface area contributed by atoms with Crippen LogP contribution in [0.4, 0.5) is 5.69 Å². The van der Waals surface area contributed by atoms with Gasteiger partial charge in [-0.3, -0.25) is 4.79 Å². The van der Waals surface area contributed by atoms with Gasteiger partial charge in [-0.2, -0.15) is 0 Å². The van der Waals surface area contributed by atoms with Gasteiger partial charge >= 0.3 is 0 Å². The fourth-order valence-corrected chi connectivity index (χ4v) is 2.79. The Hall–Kier alpha value is -1.39. The average molecular weight is 276 g/mol. The van der Waals surface area contributed by atoms with Gasteiger partial charge < -0.3 is 15.7 Å². The Labute approximate surface area is 120 Å². The van der Waals surface area contributed by atoms with Crippen LogP contribution >= 0.6 is 0 Å². The lowest BCUT2D eigenvalue weighted by molar-refractivity contribution is -0.114. The number of nitrogens with one attached hydrogen (secondary N) is 2. The molecule has 0 aromatic heterocycles. The van der Waals surface area contributed by atoms with Crippen molar-refractivity contribution in [2.45, 2.75) is 45.3 Å². The van der Waals surface area contributed by atoms with E-state index in [1.165, 1.54) is 6.92 Å². The summed E-state index contributed by atoms with van der Waals surface area (Å²) in [5.74, 6) is 0.313. The number of hydrogen-bond donors (Lipinski definition) is 3. The number of benzene rings is 1. The molecule has 2 rings (SSSR count). The first-order valence-electron chi connectivity index (χ1n) is 7.35. The van der Waals surface area contributed by atoms with Crippen molar-refractivity contribution >= 4 is 11.6 Å². The van der Waals surface area contributed by atoms with Gasteiger partial charge in [-0.25, -0.2) is 0 Å². The summed E-state index contributed by atoms with van der Waals surface area (Å²) in [6.45, 7) is 4.46. The molecular formula is C16H24N2O2. The van der Waals surface area contributed by atoms with Crippen LogP contribution in [0.5, 0.6) is 0 Å². The van der Waals surface area contributed by atoms with Crippen molar-refractivity contribution in [2.24, 2.45) is 5.92 Å². The van der Waals surface area contributed by atoms with E-state index in [4.69, 9.17) is 0 Å². The molecule has 1 fully saturated rings. The van der Waals surface area contributed by atoms with Crippen LogP contribution in [-0.4, -0.2) is 23.7 Å². The molecule has 3 N–H and O–H groups in total. The molecule has 0 heterocycles. The Kier molecular flexibility index (Phi) is 5.15. The van der Waals surface area contributed by atoms with Crippen LogP contribution in [0.3, 0.4) is 0 Å². The van der Waals surface area contributed by atoms with Crippen molar-refractivity contribution in [3.05, 3.63) is 29.8 Å². The smallest absolute Gasteiger partial charge is 0.221 e. The fraction of sp³-hybridized carbons (Fsp3) is 0.562. The van der Waals surface area contributed by atoms with E-state index >= 15 is 0 Å². The third-order valence-corrected chi connectivity index (χ3v) is 4.01. The number of aliphatic hydroxyl groups is 1. The third-order valence-electron chi connectivity index (χ3n) is 4.01. The van der Waals surface area contributed by atoms with E-state index in [0.29, 0.717) is 5.92 Å². The molecule has 0 aliphatic heterocycles. The molecule has 0 bridgehead atoms. The summed E-state index contributed by atoms with van der Waals surface area (Å²) in [5, 5.41) is 16.1. The van der Waals surface area contributed by atoms with Gasteiger partial charge in [0.1, 0.15) is 0 Å². The van der Waals surface area contributed by atoms with E-state index in [0.717, 1.165) is 37.1 Å². The molecule has 1 aliphatic rings. The summed E-state index contributed by atoms with van der Waals surface area (Å²) < 4.78 is 0. The standard InChI is InChI=1S/C16H24N2O2/c1-11(17-10-14-6-4-8-16(14)20)13-5-3-7-15(9-13)18-12(2)19/h3,5,7,9,11,14,16-17,20H,4,6,8,10H2,1-2H3,(H,18,19). The molecule has 3 unspecified atom stereocenters. The fourth-order valence-electron chi connectivity index (χ4n) is 2.79. The largest absolute Gasteiger partial charge is 0.393 e. The summed E-state index contributed by atoms with van der Waals surface area (Å²) in [6.07, 6.45) is 3.01. The molecule has 1 aliphatic carbocycles. The second-order valence-electron chi connectivity index (χ2n) is 5.69. The molecule has 1 saturated carbocycles. The molecule has 1 amide bonds. The molecule has 0 spiro atoms. The normalized spacial score (nSPS) is 23.6. The van der Waals surface area contributed by atoms with E-state index in [1.807, 2.05) is 24.3 Å². The number of anilines is 1. The van der Waals surface area contributed by atoms with Gasteiger partial charge in [-0.05, 0) is 43.4 Å². The minimum absolute atomic E-state index is 0.0585. The van der Waals surface area contributed by atoms with Crippen molar-refractivity contribution in [1.29, 1.82) is 0 Å². The lowest BCUT2D eigenvalue weighted by Crippen LogP contribution is -2.29. The zero-order valence-corrected chi connectivity index (χ0v) is 12.2. The van der Waals surface area contributed by atoms with E-state index in [9.17, 15) is 9.90 Å². The van der Waals surface area contributed by atoms with Gasteiger partial charge in [0, 0.05) is 25.2 Å². The number of hydrogen-bond acceptors (Lipinski definition) is 3. The highest BCUT2D eigenvalue weighted by Crippen LogP contribution is 2.26. The van der Waals surface area contributed by atoms with E-state index in [1.54, 1.807) is 0 Å². The predicted octanol–water partition coefficient (Wildman–Crippen LogP) is 2.46. The van der Waals surface area contributed by atoms with Crippen molar-refractivity contribution < 1.29 is 9.90 Å². The maximum atomic E-state index is 11.1. The summed E-state index contributed by atoms with van der Waals surface area (Å²) in [6, 6.07) is 8.08. The Bertz CT molecular complexity index is 462. The summed E-state index contributed by atoms with van der Waals surface area (Å²) in [5.41, 5.74) is 1.97. The first-order chi connectivity index (χ1) is 9.56. The van der Waals surface area contributed by atoms with Crippen molar-refractivity contribution in [3.63, 3.8) is 0 Å². The van der Waals surface area contributed by atoms with Crippen molar-refractivity contribution in [2.75, 3.05) is 11.9 Å². The lowest BCUT2D eigenvalue weighted by Gasteiger charge is -2.20. The topological polar surface area (TPSA) is 61.4 Å². The minimum atomic E-state index is -0.152. The summed E-state index contributed by atoms with van der Waals surface area (Å²) in [7, 11) is 0. The maximum absolute atomic E-state index is 11.1. The zero-order valence-electron chi connectivity index (χ0n) is 12.2. The second kappa shape index (κ2) is 6.86. The van der Waals surface area contributed by atoms with Crippen LogP contribution in [0.1, 0.15) is 44.7 Å². The van der Waals surface area contributed by atoms with E-state index < -0.39 is 0 Å². The monoisotopic (exact) mass is 276 g/mol. The van der Waals surface area contributed by atoms with Crippen LogP contribution in [0.25, 0.3) is 0 Å². The van der Waals surface area contributed by atoms with E-state index in [2.05, 4.69) is 17.6 Å². The average Bonchev–Trinajstić information content (AvgIpc) is 2.81. The molecule has 4 nitrogen and oxygen atoms in total. The van der Waals surface area contributed by atoms with Crippen LogP contribution in [-0.2, 0) is 4.79 Å². The van der Waals surface area contributed by atoms with Crippen LogP contribution < -0.4 is 10.6 Å². The molecule has 1 aromatic rings. The van der Waals surface area contributed by atoms with E-state index in [-0.39, 0.29) is 18.1 Å². The van der Waals surface area contributed by atoms with Crippen LogP contribution in [0, 0.1) is 5.92 Å². The molecule has 1 aromatic carbocycles. The van der Waals surface area contributed by atoms with Gasteiger partial charge in [0.2, 0.25) is 5.91 Å². The Morgan fingerprint density at radius 1 is 1.45 bits per heavy atom. The number of carbonyl (C=O) groups is 1. The van der Waals surface area contributed by atoms with Crippen molar-refractivity contribution in [1.82, 2.24) is 5.32 Å². The summed E-state index contributed by atoms with van der Waals surface area (Å²) in [4.78, 5) is 11.1. The van der Waals surface area contributed by atoms with Crippen LogP contribution in [0.2, 0.25) is 0 Å². The number of rotatable bonds is 5. The Morgan fingerprint density at radius 2 is 2.25 bits per heavy atom. The quantitative estimate of drug-likeness (QED) is 0.774. The highest BCUT2D eigenvalue weighted by Gasteiger charge is 2.25. The van der Waals surface area contributed by atoms with Gasteiger partial charge in [0.15, 0.2) is 0 Å².